The highest BCUT2D eigenvalue weighted by atomic mass is 17.2. The van der Waals surface area contributed by atoms with Crippen LogP contribution in [0.15, 0.2) is 0 Å². The van der Waals surface area contributed by atoms with Crippen LogP contribution >= 0.6 is 0 Å². The van der Waals surface area contributed by atoms with Crippen LogP contribution in [0.4, 0.5) is 4.79 Å². The van der Waals surface area contributed by atoms with E-state index in [1.54, 1.807) is 11.8 Å². The molecule has 1 aliphatic heterocycles. The second-order valence-electron chi connectivity index (χ2n) is 2.88. The first-order valence-electron chi connectivity index (χ1n) is 4.44. The molecule has 0 aromatic rings. The summed E-state index contributed by atoms with van der Waals surface area (Å²) in [5, 5.41) is 0. The molecule has 76 valence electrons. The van der Waals surface area contributed by atoms with Crippen LogP contribution in [-0.2, 0) is 14.5 Å². The molecule has 0 N–H and O–H groups in total. The zero-order valence-corrected chi connectivity index (χ0v) is 7.99. The summed E-state index contributed by atoms with van der Waals surface area (Å²) in [5.74, 6) is 0. The Morgan fingerprint density at radius 2 is 2.46 bits per heavy atom. The average molecular weight is 189 g/mol. The Hall–Kier alpha value is -0.810. The Balaban J connectivity index is 2.28. The molecule has 1 unspecified atom stereocenters. The van der Waals surface area contributed by atoms with E-state index in [0.29, 0.717) is 26.3 Å². The number of amides is 1. The first kappa shape index (κ1) is 10.3. The maximum Gasteiger partial charge on any atom is 0.441 e. The summed E-state index contributed by atoms with van der Waals surface area (Å²) in [4.78, 5) is 21.9. The predicted molar refractivity (Wildman–Crippen MR) is 45.1 cm³/mol. The van der Waals surface area contributed by atoms with Crippen molar-refractivity contribution in [3.05, 3.63) is 0 Å². The minimum atomic E-state index is -0.433. The molecule has 0 aromatic heterocycles. The standard InChI is InChI=1S/C8H15NO4/c1-3-12-13-8(10)9-4-5-11-7(2)6-9/h7H,3-6H2,1-2H3. The average Bonchev–Trinajstić information content (AvgIpc) is 2.14. The fourth-order valence-corrected chi connectivity index (χ4v) is 1.15. The van der Waals surface area contributed by atoms with E-state index in [0.717, 1.165) is 0 Å². The zero-order chi connectivity index (χ0) is 9.68. The number of nitrogens with zero attached hydrogens (tertiary/aromatic N) is 1. The Bertz CT molecular complexity index is 174. The van der Waals surface area contributed by atoms with Crippen LogP contribution in [-0.4, -0.2) is 43.4 Å². The smallest absolute Gasteiger partial charge is 0.375 e. The van der Waals surface area contributed by atoms with Gasteiger partial charge in [-0.1, -0.05) is 0 Å². The summed E-state index contributed by atoms with van der Waals surface area (Å²) in [7, 11) is 0. The number of ether oxygens (including phenoxy) is 1. The van der Waals surface area contributed by atoms with Crippen molar-refractivity contribution < 1.29 is 19.3 Å². The van der Waals surface area contributed by atoms with E-state index in [9.17, 15) is 4.79 Å². The van der Waals surface area contributed by atoms with Crippen molar-refractivity contribution in [2.45, 2.75) is 20.0 Å². The normalized spacial score (nSPS) is 22.9. The van der Waals surface area contributed by atoms with E-state index in [2.05, 4.69) is 9.78 Å². The van der Waals surface area contributed by atoms with Crippen LogP contribution in [0.1, 0.15) is 13.8 Å². The van der Waals surface area contributed by atoms with Crippen LogP contribution in [0.3, 0.4) is 0 Å². The number of hydrogen-bond acceptors (Lipinski definition) is 4. The number of carbonyl (C=O) groups excluding carboxylic acids is 1. The second-order valence-corrected chi connectivity index (χ2v) is 2.88. The minimum absolute atomic E-state index is 0.0722. The van der Waals surface area contributed by atoms with Crippen molar-refractivity contribution in [3.8, 4) is 0 Å². The number of hydrogen-bond donors (Lipinski definition) is 0. The highest BCUT2D eigenvalue weighted by Gasteiger charge is 2.22. The van der Waals surface area contributed by atoms with Gasteiger partial charge in [0.25, 0.3) is 0 Å². The summed E-state index contributed by atoms with van der Waals surface area (Å²) in [6, 6.07) is 0. The highest BCUT2D eigenvalue weighted by Crippen LogP contribution is 2.05. The van der Waals surface area contributed by atoms with E-state index in [4.69, 9.17) is 4.74 Å². The monoisotopic (exact) mass is 189 g/mol. The van der Waals surface area contributed by atoms with Gasteiger partial charge in [-0.3, -0.25) is 4.89 Å². The third-order valence-electron chi connectivity index (χ3n) is 1.75. The van der Waals surface area contributed by atoms with Crippen molar-refractivity contribution in [2.24, 2.45) is 0 Å². The summed E-state index contributed by atoms with van der Waals surface area (Å²) in [6.07, 6.45) is -0.361. The third kappa shape index (κ3) is 3.20. The van der Waals surface area contributed by atoms with Crippen LogP contribution in [0.2, 0.25) is 0 Å². The van der Waals surface area contributed by atoms with Gasteiger partial charge in [0.15, 0.2) is 0 Å². The summed E-state index contributed by atoms with van der Waals surface area (Å²) < 4.78 is 5.27. The summed E-state index contributed by atoms with van der Waals surface area (Å²) in [5.41, 5.74) is 0. The Morgan fingerprint density at radius 3 is 3.08 bits per heavy atom. The van der Waals surface area contributed by atoms with Gasteiger partial charge in [-0.25, -0.2) is 4.79 Å². The van der Waals surface area contributed by atoms with Gasteiger partial charge < -0.3 is 9.64 Å². The highest BCUT2D eigenvalue weighted by molar-refractivity contribution is 5.67. The number of rotatable bonds is 2. The van der Waals surface area contributed by atoms with Gasteiger partial charge in [0.05, 0.1) is 25.9 Å². The molecule has 1 amide bonds. The maximum absolute atomic E-state index is 11.2. The van der Waals surface area contributed by atoms with Crippen LogP contribution < -0.4 is 0 Å². The van der Waals surface area contributed by atoms with Gasteiger partial charge in [-0.2, -0.15) is 4.89 Å². The van der Waals surface area contributed by atoms with E-state index in [1.807, 2.05) is 6.92 Å². The molecule has 1 heterocycles. The van der Waals surface area contributed by atoms with E-state index in [1.165, 1.54) is 0 Å². The Labute approximate surface area is 77.5 Å². The summed E-state index contributed by atoms with van der Waals surface area (Å²) >= 11 is 0. The molecule has 1 atom stereocenters. The molecule has 0 spiro atoms. The minimum Gasteiger partial charge on any atom is -0.375 e. The van der Waals surface area contributed by atoms with Gasteiger partial charge in [-0.05, 0) is 13.8 Å². The largest absolute Gasteiger partial charge is 0.441 e. The van der Waals surface area contributed by atoms with E-state index in [-0.39, 0.29) is 6.10 Å². The van der Waals surface area contributed by atoms with E-state index >= 15 is 0 Å². The SMILES string of the molecule is CCOOC(=O)N1CCOC(C)C1. The van der Waals surface area contributed by atoms with Crippen molar-refractivity contribution >= 4 is 6.09 Å². The molecule has 1 aliphatic rings. The van der Waals surface area contributed by atoms with Gasteiger partial charge in [-0.15, -0.1) is 0 Å². The molecule has 0 aromatic carbocycles. The molecule has 0 bridgehead atoms. The van der Waals surface area contributed by atoms with Crippen LogP contribution in [0.5, 0.6) is 0 Å². The number of morpholine rings is 1. The van der Waals surface area contributed by atoms with Gasteiger partial charge in [0.1, 0.15) is 0 Å². The predicted octanol–water partition coefficient (Wildman–Crippen LogP) is 0.795. The van der Waals surface area contributed by atoms with Crippen LogP contribution in [0.25, 0.3) is 0 Å². The van der Waals surface area contributed by atoms with Crippen molar-refractivity contribution in [1.82, 2.24) is 4.90 Å². The Kier molecular flexibility index (Phi) is 3.98. The zero-order valence-electron chi connectivity index (χ0n) is 7.99. The lowest BCUT2D eigenvalue weighted by atomic mass is 10.3. The first-order chi connectivity index (χ1) is 6.24. The van der Waals surface area contributed by atoms with Gasteiger partial charge in [0.2, 0.25) is 0 Å². The lowest BCUT2D eigenvalue weighted by molar-refractivity contribution is -0.244. The second kappa shape index (κ2) is 5.04. The van der Waals surface area contributed by atoms with E-state index < -0.39 is 6.09 Å². The molecule has 1 fully saturated rings. The molecule has 1 rings (SSSR count). The summed E-state index contributed by atoms with van der Waals surface area (Å²) in [6.45, 7) is 5.73. The van der Waals surface area contributed by atoms with Crippen molar-refractivity contribution in [3.63, 3.8) is 0 Å². The molecule has 0 radical (unpaired) electrons. The quantitative estimate of drug-likeness (QED) is 0.476. The van der Waals surface area contributed by atoms with Crippen molar-refractivity contribution in [2.75, 3.05) is 26.3 Å². The maximum atomic E-state index is 11.2. The molecule has 13 heavy (non-hydrogen) atoms. The molecule has 5 heteroatoms. The third-order valence-corrected chi connectivity index (χ3v) is 1.75. The molecular weight excluding hydrogens is 174 g/mol. The lowest BCUT2D eigenvalue weighted by Gasteiger charge is -2.29. The number of carbonyl (C=O) groups is 1. The Morgan fingerprint density at radius 1 is 1.69 bits per heavy atom. The molecule has 0 aliphatic carbocycles. The molecule has 0 saturated carbocycles. The first-order valence-corrected chi connectivity index (χ1v) is 4.44. The lowest BCUT2D eigenvalue weighted by Crippen LogP contribution is -2.44. The van der Waals surface area contributed by atoms with Gasteiger partial charge in [0, 0.05) is 6.54 Å². The van der Waals surface area contributed by atoms with Crippen LogP contribution in [0, 0.1) is 0 Å². The molecule has 5 nitrogen and oxygen atoms in total. The topological polar surface area (TPSA) is 48.0 Å². The fraction of sp³-hybridized carbons (Fsp3) is 0.875. The van der Waals surface area contributed by atoms with Crippen molar-refractivity contribution in [1.29, 1.82) is 0 Å². The molecular formula is C8H15NO4. The molecule has 1 saturated heterocycles. The fourth-order valence-electron chi connectivity index (χ4n) is 1.15. The van der Waals surface area contributed by atoms with Gasteiger partial charge >= 0.3 is 6.09 Å².